The number of esters is 1. The SMILES string of the molecule is CC(=O)CCC(=O)NCc1cccc(NC(=O)c2cccc(OC(C)=O)c2)c1. The number of hydrogen-bond acceptors (Lipinski definition) is 5. The number of ketones is 1. The highest BCUT2D eigenvalue weighted by molar-refractivity contribution is 6.04. The second-order valence-electron chi connectivity index (χ2n) is 6.25. The Morgan fingerprint density at radius 3 is 2.39 bits per heavy atom. The van der Waals surface area contributed by atoms with Gasteiger partial charge in [0.05, 0.1) is 0 Å². The molecule has 0 aromatic heterocycles. The molecule has 2 N–H and O–H groups in total. The Morgan fingerprint density at radius 2 is 1.68 bits per heavy atom. The number of hydrogen-bond donors (Lipinski definition) is 2. The van der Waals surface area contributed by atoms with E-state index >= 15 is 0 Å². The fourth-order valence-electron chi connectivity index (χ4n) is 2.41. The number of anilines is 1. The van der Waals surface area contributed by atoms with Crippen molar-refractivity contribution in [2.45, 2.75) is 33.2 Å². The molecule has 0 aliphatic carbocycles. The van der Waals surface area contributed by atoms with Crippen molar-refractivity contribution >= 4 is 29.3 Å². The van der Waals surface area contributed by atoms with Crippen LogP contribution in [-0.4, -0.2) is 23.6 Å². The lowest BCUT2D eigenvalue weighted by Crippen LogP contribution is -2.23. The third-order valence-electron chi connectivity index (χ3n) is 3.74. The first kappa shape index (κ1) is 20.8. The summed E-state index contributed by atoms with van der Waals surface area (Å²) in [6, 6.07) is 13.4. The summed E-state index contributed by atoms with van der Waals surface area (Å²) in [7, 11) is 0. The van der Waals surface area contributed by atoms with E-state index in [2.05, 4.69) is 10.6 Å². The first-order valence-electron chi connectivity index (χ1n) is 8.78. The third-order valence-corrected chi connectivity index (χ3v) is 3.74. The minimum absolute atomic E-state index is 0.0300. The summed E-state index contributed by atoms with van der Waals surface area (Å²) in [6.07, 6.45) is 0.374. The number of benzene rings is 2. The average Bonchev–Trinajstić information content (AvgIpc) is 2.64. The molecular formula is C21H22N2O5. The number of rotatable bonds is 8. The normalized spacial score (nSPS) is 10.1. The molecule has 7 nitrogen and oxygen atoms in total. The van der Waals surface area contributed by atoms with Gasteiger partial charge in [-0.3, -0.25) is 14.4 Å². The highest BCUT2D eigenvalue weighted by atomic mass is 16.5. The summed E-state index contributed by atoms with van der Waals surface area (Å²) in [4.78, 5) is 46.1. The van der Waals surface area contributed by atoms with Crippen LogP contribution in [-0.2, 0) is 20.9 Å². The molecule has 2 amide bonds. The third kappa shape index (κ3) is 7.03. The number of ether oxygens (including phenoxy) is 1. The molecule has 0 spiro atoms. The predicted octanol–water partition coefficient (Wildman–Crippen LogP) is 2.85. The van der Waals surface area contributed by atoms with Gasteiger partial charge in [0, 0.05) is 37.6 Å². The topological polar surface area (TPSA) is 102 Å². The fourth-order valence-corrected chi connectivity index (χ4v) is 2.41. The fraction of sp³-hybridized carbons (Fsp3) is 0.238. The van der Waals surface area contributed by atoms with Crippen LogP contribution in [0.5, 0.6) is 5.75 Å². The lowest BCUT2D eigenvalue weighted by molar-refractivity contribution is -0.131. The van der Waals surface area contributed by atoms with Crippen molar-refractivity contribution in [1.82, 2.24) is 5.32 Å². The second-order valence-corrected chi connectivity index (χ2v) is 6.25. The zero-order chi connectivity index (χ0) is 20.5. The summed E-state index contributed by atoms with van der Waals surface area (Å²) < 4.78 is 4.98. The highest BCUT2D eigenvalue weighted by Gasteiger charge is 2.09. The average molecular weight is 382 g/mol. The molecule has 0 radical (unpaired) electrons. The van der Waals surface area contributed by atoms with Gasteiger partial charge < -0.3 is 20.2 Å². The number of carbonyl (C=O) groups excluding carboxylic acids is 4. The van der Waals surface area contributed by atoms with Crippen LogP contribution in [0.25, 0.3) is 0 Å². The van der Waals surface area contributed by atoms with Crippen molar-refractivity contribution in [1.29, 1.82) is 0 Å². The van der Waals surface area contributed by atoms with Gasteiger partial charge in [0.1, 0.15) is 11.5 Å². The highest BCUT2D eigenvalue weighted by Crippen LogP contribution is 2.16. The summed E-state index contributed by atoms with van der Waals surface area (Å²) in [5.41, 5.74) is 1.72. The van der Waals surface area contributed by atoms with Crippen molar-refractivity contribution in [3.63, 3.8) is 0 Å². The summed E-state index contributed by atoms with van der Waals surface area (Å²) in [6.45, 7) is 3.03. The lowest BCUT2D eigenvalue weighted by atomic mass is 10.1. The first-order valence-corrected chi connectivity index (χ1v) is 8.78. The van der Waals surface area contributed by atoms with Gasteiger partial charge in [-0.1, -0.05) is 18.2 Å². The van der Waals surface area contributed by atoms with Crippen LogP contribution in [0.4, 0.5) is 5.69 Å². The molecular weight excluding hydrogens is 360 g/mol. The Labute approximate surface area is 163 Å². The molecule has 2 aromatic rings. The van der Waals surface area contributed by atoms with Gasteiger partial charge in [-0.2, -0.15) is 0 Å². The number of carbonyl (C=O) groups is 4. The van der Waals surface area contributed by atoms with E-state index in [1.807, 2.05) is 6.07 Å². The second kappa shape index (κ2) is 10.0. The first-order chi connectivity index (χ1) is 13.3. The molecule has 0 atom stereocenters. The summed E-state index contributed by atoms with van der Waals surface area (Å²) >= 11 is 0. The van der Waals surface area contributed by atoms with E-state index in [1.165, 1.54) is 19.9 Å². The molecule has 0 saturated heterocycles. The van der Waals surface area contributed by atoms with Crippen LogP contribution in [0.2, 0.25) is 0 Å². The molecule has 0 fully saturated rings. The lowest BCUT2D eigenvalue weighted by Gasteiger charge is -2.09. The minimum Gasteiger partial charge on any atom is -0.427 e. The smallest absolute Gasteiger partial charge is 0.308 e. The van der Waals surface area contributed by atoms with Gasteiger partial charge in [-0.05, 0) is 42.8 Å². The number of nitrogens with one attached hydrogen (secondary N) is 2. The Hall–Kier alpha value is -3.48. The molecule has 146 valence electrons. The molecule has 0 aliphatic rings. The molecule has 0 heterocycles. The van der Waals surface area contributed by atoms with E-state index in [4.69, 9.17) is 4.74 Å². The van der Waals surface area contributed by atoms with E-state index in [-0.39, 0.29) is 30.4 Å². The maximum atomic E-state index is 12.4. The molecule has 0 unspecified atom stereocenters. The Kier molecular flexibility index (Phi) is 7.45. The minimum atomic E-state index is -0.462. The van der Waals surface area contributed by atoms with Crippen molar-refractivity contribution < 1.29 is 23.9 Å². The summed E-state index contributed by atoms with van der Waals surface area (Å²) in [5, 5.41) is 5.51. The number of amides is 2. The van der Waals surface area contributed by atoms with E-state index in [1.54, 1.807) is 36.4 Å². The largest absolute Gasteiger partial charge is 0.427 e. The van der Waals surface area contributed by atoms with Crippen LogP contribution in [0.15, 0.2) is 48.5 Å². The molecule has 2 aromatic carbocycles. The number of Topliss-reactive ketones (excluding diaryl/α,β-unsaturated/α-hetero) is 1. The molecule has 0 bridgehead atoms. The van der Waals surface area contributed by atoms with Crippen molar-refractivity contribution in [2.24, 2.45) is 0 Å². The maximum absolute atomic E-state index is 12.4. The van der Waals surface area contributed by atoms with Gasteiger partial charge in [-0.15, -0.1) is 0 Å². The van der Waals surface area contributed by atoms with Crippen LogP contribution >= 0.6 is 0 Å². The standard InChI is InChI=1S/C21H22N2O5/c1-14(24)9-10-20(26)22-13-16-5-3-7-18(11-16)23-21(27)17-6-4-8-19(12-17)28-15(2)25/h3-8,11-12H,9-10,13H2,1-2H3,(H,22,26)(H,23,27). The quantitative estimate of drug-likeness (QED) is 0.540. The molecule has 28 heavy (non-hydrogen) atoms. The zero-order valence-electron chi connectivity index (χ0n) is 15.8. The molecule has 7 heteroatoms. The molecule has 2 rings (SSSR count). The maximum Gasteiger partial charge on any atom is 0.308 e. The van der Waals surface area contributed by atoms with Crippen LogP contribution in [0.1, 0.15) is 42.6 Å². The van der Waals surface area contributed by atoms with Gasteiger partial charge in [0.2, 0.25) is 5.91 Å². The van der Waals surface area contributed by atoms with Crippen molar-refractivity contribution in [3.8, 4) is 5.75 Å². The predicted molar refractivity (Wildman–Crippen MR) is 104 cm³/mol. The van der Waals surface area contributed by atoms with Gasteiger partial charge >= 0.3 is 5.97 Å². The Bertz CT molecular complexity index is 892. The van der Waals surface area contributed by atoms with E-state index < -0.39 is 5.97 Å². The summed E-state index contributed by atoms with van der Waals surface area (Å²) in [5.74, 6) is -0.751. The van der Waals surface area contributed by atoms with E-state index in [0.29, 0.717) is 23.5 Å². The van der Waals surface area contributed by atoms with Crippen LogP contribution in [0.3, 0.4) is 0 Å². The molecule has 0 aliphatic heterocycles. The van der Waals surface area contributed by atoms with Gasteiger partial charge in [-0.25, -0.2) is 0 Å². The van der Waals surface area contributed by atoms with Gasteiger partial charge in [0.15, 0.2) is 0 Å². The van der Waals surface area contributed by atoms with Gasteiger partial charge in [0.25, 0.3) is 5.91 Å². The Balaban J connectivity index is 1.96. The van der Waals surface area contributed by atoms with E-state index in [0.717, 1.165) is 5.56 Å². The monoisotopic (exact) mass is 382 g/mol. The van der Waals surface area contributed by atoms with Crippen LogP contribution < -0.4 is 15.4 Å². The molecule has 0 saturated carbocycles. The van der Waals surface area contributed by atoms with Crippen molar-refractivity contribution in [3.05, 3.63) is 59.7 Å². The zero-order valence-corrected chi connectivity index (χ0v) is 15.8. The van der Waals surface area contributed by atoms with E-state index in [9.17, 15) is 19.2 Å². The van der Waals surface area contributed by atoms with Crippen LogP contribution in [0, 0.1) is 0 Å². The Morgan fingerprint density at radius 1 is 0.929 bits per heavy atom. The van der Waals surface area contributed by atoms with Crippen molar-refractivity contribution in [2.75, 3.05) is 5.32 Å².